The number of aliphatic hydroxyl groups excluding tert-OH is 2. The van der Waals surface area contributed by atoms with E-state index in [1.807, 2.05) is 6.92 Å². The van der Waals surface area contributed by atoms with Crippen LogP contribution < -0.4 is 5.32 Å². The number of hydrogen-bond acceptors (Lipinski definition) is 8. The maximum absolute atomic E-state index is 12.4. The molecule has 202 valence electrons. The number of amides is 1. The number of fused-ring (bicyclic) bond motifs is 1. The zero-order valence-corrected chi connectivity index (χ0v) is 22.1. The molecule has 6 atom stereocenters. The Labute approximate surface area is 213 Å². The SMILES string of the molecule is C=C1CCC2[C@](C)(CO)C(O)CC[C@]2(C)[C@H]1C/C=C1/C(=O)OCC1OC(=O)CNC(=O)OC(C)(C)C. The number of nitrogens with one attached hydrogen (secondary N) is 1. The third-order valence-electron chi connectivity index (χ3n) is 8.26. The van der Waals surface area contributed by atoms with Gasteiger partial charge in [-0.3, -0.25) is 4.79 Å². The van der Waals surface area contributed by atoms with Gasteiger partial charge in [-0.2, -0.15) is 0 Å². The molecule has 0 spiro atoms. The van der Waals surface area contributed by atoms with Crippen LogP contribution in [0.2, 0.25) is 0 Å². The quantitative estimate of drug-likeness (QED) is 0.216. The number of esters is 2. The van der Waals surface area contributed by atoms with E-state index in [-0.39, 0.29) is 36.0 Å². The van der Waals surface area contributed by atoms with Gasteiger partial charge in [0.05, 0.1) is 18.3 Å². The van der Waals surface area contributed by atoms with E-state index in [1.165, 1.54) is 0 Å². The van der Waals surface area contributed by atoms with Crippen molar-refractivity contribution < 1.29 is 38.8 Å². The zero-order chi connectivity index (χ0) is 26.9. The number of carbonyl (C=O) groups excluding carboxylic acids is 3. The van der Waals surface area contributed by atoms with Crippen molar-refractivity contribution in [1.29, 1.82) is 0 Å². The molecule has 0 aromatic heterocycles. The van der Waals surface area contributed by atoms with Gasteiger partial charge in [0.2, 0.25) is 0 Å². The maximum atomic E-state index is 12.4. The minimum Gasteiger partial charge on any atom is -0.458 e. The van der Waals surface area contributed by atoms with Gasteiger partial charge in [-0.05, 0) is 70.1 Å². The van der Waals surface area contributed by atoms with Gasteiger partial charge >= 0.3 is 18.0 Å². The molecule has 1 saturated heterocycles. The van der Waals surface area contributed by atoms with Gasteiger partial charge < -0.3 is 29.7 Å². The lowest BCUT2D eigenvalue weighted by atomic mass is 9.46. The van der Waals surface area contributed by atoms with E-state index in [1.54, 1.807) is 26.8 Å². The van der Waals surface area contributed by atoms with Crippen molar-refractivity contribution in [3.63, 3.8) is 0 Å². The van der Waals surface area contributed by atoms with E-state index < -0.39 is 47.8 Å². The number of rotatable bonds is 6. The van der Waals surface area contributed by atoms with Gasteiger partial charge in [-0.15, -0.1) is 0 Å². The van der Waals surface area contributed by atoms with Gasteiger partial charge in [0.1, 0.15) is 18.8 Å². The van der Waals surface area contributed by atoms with Crippen molar-refractivity contribution in [2.45, 2.75) is 84.5 Å². The standard InChI is InChI=1S/C27H41NO8/c1-16-7-10-20-26(5,12-11-21(30)27(20,6)15-29)18(16)9-8-17-19(14-34-23(17)32)35-22(31)13-28-24(33)36-25(2,3)4/h8,18-21,29-30H,1,7,9-15H2,2-6H3,(H,28,33)/b17-8+/t18-,19?,20?,21?,26+,27-/m0/s1. The average Bonchev–Trinajstić information content (AvgIpc) is 3.12. The van der Waals surface area contributed by atoms with Crippen molar-refractivity contribution >= 4 is 18.0 Å². The Kier molecular flexibility index (Phi) is 8.25. The van der Waals surface area contributed by atoms with Crippen LogP contribution in [0.5, 0.6) is 0 Å². The molecule has 2 aliphatic carbocycles. The number of hydrogen-bond donors (Lipinski definition) is 3. The molecule has 3 aliphatic rings. The van der Waals surface area contributed by atoms with E-state index >= 15 is 0 Å². The fraction of sp³-hybridized carbons (Fsp3) is 0.741. The van der Waals surface area contributed by atoms with Crippen LogP contribution in [-0.4, -0.2) is 65.8 Å². The first-order valence-corrected chi connectivity index (χ1v) is 12.7. The molecule has 0 aromatic rings. The highest BCUT2D eigenvalue weighted by atomic mass is 16.6. The molecular formula is C27H41NO8. The van der Waals surface area contributed by atoms with Crippen LogP contribution in [0.4, 0.5) is 4.79 Å². The number of ether oxygens (including phenoxy) is 3. The Hall–Kier alpha value is -2.39. The molecule has 2 saturated carbocycles. The monoisotopic (exact) mass is 507 g/mol. The molecule has 1 amide bonds. The van der Waals surface area contributed by atoms with Crippen LogP contribution in [0.15, 0.2) is 23.8 Å². The van der Waals surface area contributed by atoms with Gasteiger partial charge in [0, 0.05) is 5.41 Å². The first-order chi connectivity index (χ1) is 16.7. The topological polar surface area (TPSA) is 131 Å². The normalized spacial score (nSPS) is 35.7. The second-order valence-electron chi connectivity index (χ2n) is 11.9. The smallest absolute Gasteiger partial charge is 0.408 e. The first-order valence-electron chi connectivity index (χ1n) is 12.7. The number of carbonyl (C=O) groups is 3. The van der Waals surface area contributed by atoms with Crippen molar-refractivity contribution in [3.8, 4) is 0 Å². The molecule has 9 heteroatoms. The third kappa shape index (κ3) is 5.78. The second kappa shape index (κ2) is 10.5. The molecule has 0 radical (unpaired) electrons. The van der Waals surface area contributed by atoms with Crippen molar-refractivity contribution in [3.05, 3.63) is 23.8 Å². The molecule has 1 aliphatic heterocycles. The summed E-state index contributed by atoms with van der Waals surface area (Å²) in [6.07, 6.45) is 3.16. The summed E-state index contributed by atoms with van der Waals surface area (Å²) in [6.45, 7) is 13.0. The molecule has 3 rings (SSSR count). The fourth-order valence-electron chi connectivity index (χ4n) is 6.31. The van der Waals surface area contributed by atoms with Gasteiger partial charge in [0.15, 0.2) is 6.10 Å². The van der Waals surface area contributed by atoms with Gasteiger partial charge in [0.25, 0.3) is 0 Å². The number of allylic oxidation sites excluding steroid dienone is 2. The van der Waals surface area contributed by atoms with E-state index in [9.17, 15) is 24.6 Å². The van der Waals surface area contributed by atoms with Crippen LogP contribution >= 0.6 is 0 Å². The van der Waals surface area contributed by atoms with Crippen LogP contribution in [0.3, 0.4) is 0 Å². The first kappa shape index (κ1) is 28.2. The fourth-order valence-corrected chi connectivity index (χ4v) is 6.31. The summed E-state index contributed by atoms with van der Waals surface area (Å²) >= 11 is 0. The van der Waals surface area contributed by atoms with Crippen LogP contribution in [0, 0.1) is 22.7 Å². The van der Waals surface area contributed by atoms with E-state index in [2.05, 4.69) is 18.8 Å². The Morgan fingerprint density at radius 2 is 1.97 bits per heavy atom. The van der Waals surface area contributed by atoms with Crippen molar-refractivity contribution in [2.75, 3.05) is 19.8 Å². The lowest BCUT2D eigenvalue weighted by Gasteiger charge is -2.59. The molecule has 9 nitrogen and oxygen atoms in total. The predicted molar refractivity (Wildman–Crippen MR) is 132 cm³/mol. The second-order valence-corrected chi connectivity index (χ2v) is 11.9. The minimum absolute atomic E-state index is 0.0423. The van der Waals surface area contributed by atoms with Crippen molar-refractivity contribution in [1.82, 2.24) is 5.32 Å². The minimum atomic E-state index is -0.859. The molecule has 3 unspecified atom stereocenters. The Morgan fingerprint density at radius 1 is 1.28 bits per heavy atom. The Bertz CT molecular complexity index is 921. The predicted octanol–water partition coefficient (Wildman–Crippen LogP) is 3.04. The lowest BCUT2D eigenvalue weighted by molar-refractivity contribution is -0.151. The summed E-state index contributed by atoms with van der Waals surface area (Å²) in [4.78, 5) is 36.5. The Morgan fingerprint density at radius 3 is 2.61 bits per heavy atom. The van der Waals surface area contributed by atoms with E-state index in [0.717, 1.165) is 24.8 Å². The lowest BCUT2D eigenvalue weighted by Crippen LogP contribution is -2.57. The number of aliphatic hydroxyl groups is 2. The molecule has 3 fully saturated rings. The van der Waals surface area contributed by atoms with Gasteiger partial charge in [-0.25, -0.2) is 9.59 Å². The zero-order valence-electron chi connectivity index (χ0n) is 22.1. The van der Waals surface area contributed by atoms with Crippen LogP contribution in [0.25, 0.3) is 0 Å². The highest BCUT2D eigenvalue weighted by Crippen LogP contribution is 2.61. The summed E-state index contributed by atoms with van der Waals surface area (Å²) < 4.78 is 15.7. The van der Waals surface area contributed by atoms with Crippen LogP contribution in [-0.2, 0) is 23.8 Å². The van der Waals surface area contributed by atoms with Crippen molar-refractivity contribution in [2.24, 2.45) is 22.7 Å². The largest absolute Gasteiger partial charge is 0.458 e. The number of alkyl carbamates (subject to hydrolysis) is 1. The summed E-state index contributed by atoms with van der Waals surface area (Å²) in [7, 11) is 0. The number of cyclic esters (lactones) is 1. The summed E-state index contributed by atoms with van der Waals surface area (Å²) in [6, 6.07) is 0. The molecule has 36 heavy (non-hydrogen) atoms. The maximum Gasteiger partial charge on any atom is 0.408 e. The summed E-state index contributed by atoms with van der Waals surface area (Å²) in [5.74, 6) is -1.09. The van der Waals surface area contributed by atoms with E-state index in [0.29, 0.717) is 12.8 Å². The molecule has 1 heterocycles. The highest BCUT2D eigenvalue weighted by Gasteiger charge is 2.57. The average molecular weight is 508 g/mol. The summed E-state index contributed by atoms with van der Waals surface area (Å²) in [5, 5.41) is 23.2. The third-order valence-corrected chi connectivity index (χ3v) is 8.26. The molecule has 0 bridgehead atoms. The molecule has 0 aromatic carbocycles. The van der Waals surface area contributed by atoms with E-state index in [4.69, 9.17) is 14.2 Å². The summed E-state index contributed by atoms with van der Waals surface area (Å²) in [5.41, 5.74) is -0.122. The molecular weight excluding hydrogens is 466 g/mol. The Balaban J connectivity index is 1.69. The van der Waals surface area contributed by atoms with Gasteiger partial charge in [-0.1, -0.05) is 32.1 Å². The molecule has 3 N–H and O–H groups in total. The van der Waals surface area contributed by atoms with Crippen LogP contribution in [0.1, 0.15) is 66.7 Å². The highest BCUT2D eigenvalue weighted by molar-refractivity contribution is 5.92.